The van der Waals surface area contributed by atoms with Crippen LogP contribution in [0.25, 0.3) is 11.1 Å². The van der Waals surface area contributed by atoms with E-state index in [1.165, 1.54) is 37.0 Å². The minimum atomic E-state index is -4.31. The third kappa shape index (κ3) is 4.76. The molecular weight excluding hydrogens is 361 g/mol. The van der Waals surface area contributed by atoms with Gasteiger partial charge in [0, 0.05) is 12.0 Å². The summed E-state index contributed by atoms with van der Waals surface area (Å²) in [4.78, 5) is 0. The molecule has 2 aromatic carbocycles. The Morgan fingerprint density at radius 1 is 0.964 bits per heavy atom. The van der Waals surface area contributed by atoms with E-state index in [4.69, 9.17) is 0 Å². The second-order valence-electron chi connectivity index (χ2n) is 8.09. The van der Waals surface area contributed by atoms with Crippen molar-refractivity contribution < 1.29 is 13.2 Å². The van der Waals surface area contributed by atoms with Crippen LogP contribution in [0.15, 0.2) is 48.5 Å². The fraction of sp³-hybridized carbons (Fsp3) is 0.478. The lowest BCUT2D eigenvalue weighted by Gasteiger charge is -2.22. The molecule has 1 saturated heterocycles. The molecule has 2 atom stereocenters. The molecule has 0 spiro atoms. The Morgan fingerprint density at radius 2 is 1.71 bits per heavy atom. The van der Waals surface area contributed by atoms with Gasteiger partial charge in [-0.1, -0.05) is 36.4 Å². The highest BCUT2D eigenvalue weighted by molar-refractivity contribution is 5.65. The standard InChI is InChI=1S/C23H27F3N2/c24-23(25,26)20-3-1-2-19(14-20)17-4-6-18(7-5-17)21-15-22(21)28-13-10-16-8-11-27-12-9-16/h1-7,14,16,21-22,27-28H,8-13,15H2/t21-,22+/m0/s1. The number of benzene rings is 2. The molecule has 2 aromatic rings. The molecule has 0 bridgehead atoms. The van der Waals surface area contributed by atoms with Crippen molar-refractivity contribution in [2.75, 3.05) is 19.6 Å². The molecule has 0 radical (unpaired) electrons. The van der Waals surface area contributed by atoms with Crippen LogP contribution in [0.5, 0.6) is 0 Å². The number of nitrogens with one attached hydrogen (secondary N) is 2. The molecule has 2 nitrogen and oxygen atoms in total. The van der Waals surface area contributed by atoms with Crippen molar-refractivity contribution in [3.63, 3.8) is 0 Å². The van der Waals surface area contributed by atoms with Gasteiger partial charge < -0.3 is 10.6 Å². The molecule has 0 aromatic heterocycles. The normalized spacial score (nSPS) is 23.0. The lowest BCUT2D eigenvalue weighted by Crippen LogP contribution is -2.30. The zero-order valence-corrected chi connectivity index (χ0v) is 15.9. The van der Waals surface area contributed by atoms with E-state index in [-0.39, 0.29) is 0 Å². The van der Waals surface area contributed by atoms with E-state index in [1.807, 2.05) is 12.1 Å². The maximum Gasteiger partial charge on any atom is 0.416 e. The third-order valence-corrected chi connectivity index (χ3v) is 6.07. The van der Waals surface area contributed by atoms with Gasteiger partial charge in [-0.2, -0.15) is 13.2 Å². The molecule has 0 amide bonds. The van der Waals surface area contributed by atoms with E-state index in [9.17, 15) is 13.2 Å². The molecule has 28 heavy (non-hydrogen) atoms. The molecule has 2 N–H and O–H groups in total. The van der Waals surface area contributed by atoms with Gasteiger partial charge in [-0.25, -0.2) is 0 Å². The van der Waals surface area contributed by atoms with Crippen molar-refractivity contribution in [2.45, 2.75) is 43.8 Å². The molecule has 150 valence electrons. The summed E-state index contributed by atoms with van der Waals surface area (Å²) in [5, 5.41) is 7.08. The molecule has 1 heterocycles. The lowest BCUT2D eigenvalue weighted by molar-refractivity contribution is -0.137. The maximum absolute atomic E-state index is 12.9. The van der Waals surface area contributed by atoms with E-state index in [0.717, 1.165) is 43.6 Å². The molecule has 1 saturated carbocycles. The van der Waals surface area contributed by atoms with Gasteiger partial charge in [0.25, 0.3) is 0 Å². The molecule has 4 rings (SSSR count). The molecule has 1 aliphatic carbocycles. The number of hydrogen-bond acceptors (Lipinski definition) is 2. The topological polar surface area (TPSA) is 24.1 Å². The van der Waals surface area contributed by atoms with Crippen LogP contribution in [0.1, 0.15) is 42.7 Å². The quantitative estimate of drug-likeness (QED) is 0.710. The Hall–Kier alpha value is -1.85. The smallest absolute Gasteiger partial charge is 0.317 e. The van der Waals surface area contributed by atoms with Crippen molar-refractivity contribution in [3.8, 4) is 11.1 Å². The summed E-state index contributed by atoms with van der Waals surface area (Å²) < 4.78 is 38.7. The van der Waals surface area contributed by atoms with Gasteiger partial charge in [0.2, 0.25) is 0 Å². The van der Waals surface area contributed by atoms with E-state index in [1.54, 1.807) is 6.07 Å². The lowest BCUT2D eigenvalue weighted by atomic mass is 9.95. The second-order valence-corrected chi connectivity index (χ2v) is 8.09. The van der Waals surface area contributed by atoms with Gasteiger partial charge >= 0.3 is 6.18 Å². The second kappa shape index (κ2) is 8.26. The Labute approximate surface area is 164 Å². The highest BCUT2D eigenvalue weighted by Gasteiger charge is 2.37. The fourth-order valence-electron chi connectivity index (χ4n) is 4.23. The van der Waals surface area contributed by atoms with Crippen LogP contribution in [0, 0.1) is 5.92 Å². The predicted molar refractivity (Wildman–Crippen MR) is 106 cm³/mol. The van der Waals surface area contributed by atoms with Crippen LogP contribution >= 0.6 is 0 Å². The van der Waals surface area contributed by atoms with Crippen LogP contribution in [0.2, 0.25) is 0 Å². The minimum absolute atomic E-state index is 0.531. The van der Waals surface area contributed by atoms with Gasteiger partial charge in [-0.15, -0.1) is 0 Å². The number of halogens is 3. The van der Waals surface area contributed by atoms with Crippen molar-refractivity contribution in [1.82, 2.24) is 10.6 Å². The van der Waals surface area contributed by atoms with Crippen LogP contribution < -0.4 is 10.6 Å². The Kier molecular flexibility index (Phi) is 5.74. The largest absolute Gasteiger partial charge is 0.416 e. The number of piperidine rings is 1. The summed E-state index contributed by atoms with van der Waals surface area (Å²) in [6.07, 6.45) is 0.658. The van der Waals surface area contributed by atoms with Gasteiger partial charge in [0.1, 0.15) is 0 Å². The average Bonchev–Trinajstić information content (AvgIpc) is 3.48. The maximum atomic E-state index is 12.9. The van der Waals surface area contributed by atoms with Gasteiger partial charge in [0.15, 0.2) is 0 Å². The van der Waals surface area contributed by atoms with E-state index in [2.05, 4.69) is 22.8 Å². The summed E-state index contributed by atoms with van der Waals surface area (Å²) in [7, 11) is 0. The Balaban J connectivity index is 1.31. The summed E-state index contributed by atoms with van der Waals surface area (Å²) >= 11 is 0. The van der Waals surface area contributed by atoms with E-state index < -0.39 is 11.7 Å². The zero-order chi connectivity index (χ0) is 19.6. The highest BCUT2D eigenvalue weighted by Crippen LogP contribution is 2.41. The van der Waals surface area contributed by atoms with E-state index in [0.29, 0.717) is 17.5 Å². The third-order valence-electron chi connectivity index (χ3n) is 6.07. The molecule has 2 aliphatic rings. The van der Waals surface area contributed by atoms with E-state index >= 15 is 0 Å². The first-order chi connectivity index (χ1) is 13.5. The van der Waals surface area contributed by atoms with Gasteiger partial charge in [-0.3, -0.25) is 0 Å². The SMILES string of the molecule is FC(F)(F)c1cccc(-c2ccc([C@@H]3C[C@H]3NCCC3CCNCC3)cc2)c1. The monoisotopic (exact) mass is 388 g/mol. The first kappa shape index (κ1) is 19.5. The number of rotatable bonds is 6. The number of alkyl halides is 3. The van der Waals surface area contributed by atoms with Crippen LogP contribution in [0.4, 0.5) is 13.2 Å². The van der Waals surface area contributed by atoms with Crippen LogP contribution in [0.3, 0.4) is 0 Å². The Morgan fingerprint density at radius 3 is 2.43 bits per heavy atom. The Bertz CT molecular complexity index is 779. The average molecular weight is 388 g/mol. The zero-order valence-electron chi connectivity index (χ0n) is 15.9. The van der Waals surface area contributed by atoms with Crippen LogP contribution in [-0.4, -0.2) is 25.7 Å². The molecule has 1 aliphatic heterocycles. The molecular formula is C23H27F3N2. The van der Waals surface area contributed by atoms with Crippen LogP contribution in [-0.2, 0) is 6.18 Å². The minimum Gasteiger partial charge on any atom is -0.317 e. The van der Waals surface area contributed by atoms with Crippen molar-refractivity contribution in [3.05, 3.63) is 59.7 Å². The van der Waals surface area contributed by atoms with Crippen molar-refractivity contribution in [1.29, 1.82) is 0 Å². The van der Waals surface area contributed by atoms with Crippen molar-refractivity contribution >= 4 is 0 Å². The molecule has 2 fully saturated rings. The highest BCUT2D eigenvalue weighted by atomic mass is 19.4. The van der Waals surface area contributed by atoms with Gasteiger partial charge in [-0.05, 0) is 80.1 Å². The fourth-order valence-corrected chi connectivity index (χ4v) is 4.23. The summed E-state index contributed by atoms with van der Waals surface area (Å²) in [5.41, 5.74) is 2.10. The van der Waals surface area contributed by atoms with Gasteiger partial charge in [0.05, 0.1) is 5.56 Å². The number of hydrogen-bond donors (Lipinski definition) is 2. The summed E-state index contributed by atoms with van der Waals surface area (Å²) in [5.74, 6) is 1.38. The predicted octanol–water partition coefficient (Wildman–Crippen LogP) is 5.21. The van der Waals surface area contributed by atoms with Crippen molar-refractivity contribution in [2.24, 2.45) is 5.92 Å². The summed E-state index contributed by atoms with van der Waals surface area (Å²) in [6.45, 7) is 3.37. The molecule has 5 heteroatoms. The summed E-state index contributed by atoms with van der Waals surface area (Å²) in [6, 6.07) is 14.1. The first-order valence-electron chi connectivity index (χ1n) is 10.2. The first-order valence-corrected chi connectivity index (χ1v) is 10.2. The molecule has 0 unspecified atom stereocenters.